The van der Waals surface area contributed by atoms with Gasteiger partial charge < -0.3 is 19.6 Å². The molecule has 2 aliphatic rings. The number of benzene rings is 1. The fraction of sp³-hybridized carbons (Fsp3) is 0.500. The highest BCUT2D eigenvalue weighted by atomic mass is 16.5. The predicted molar refractivity (Wildman–Crippen MR) is 101 cm³/mol. The number of carbonyl (C=O) groups is 1. The van der Waals surface area contributed by atoms with Crippen molar-refractivity contribution < 1.29 is 14.6 Å². The van der Waals surface area contributed by atoms with E-state index in [-0.39, 0.29) is 19.1 Å². The van der Waals surface area contributed by atoms with Crippen molar-refractivity contribution in [3.63, 3.8) is 0 Å². The topological polar surface area (TPSA) is 70.8 Å². The van der Waals surface area contributed by atoms with Gasteiger partial charge in [-0.3, -0.25) is 4.79 Å². The summed E-state index contributed by atoms with van der Waals surface area (Å²) in [5, 5.41) is 15.3. The average molecular weight is 370 g/mol. The number of hydrogen-bond acceptors (Lipinski definition) is 5. The zero-order chi connectivity index (χ0) is 18.7. The summed E-state index contributed by atoms with van der Waals surface area (Å²) in [7, 11) is 0. The van der Waals surface area contributed by atoms with Crippen molar-refractivity contribution in [2.75, 3.05) is 45.9 Å². The van der Waals surface area contributed by atoms with Gasteiger partial charge in [-0.05, 0) is 50.2 Å². The molecule has 144 valence electrons. The van der Waals surface area contributed by atoms with Gasteiger partial charge in [-0.15, -0.1) is 0 Å². The van der Waals surface area contributed by atoms with Crippen LogP contribution in [-0.4, -0.2) is 82.1 Å². The summed E-state index contributed by atoms with van der Waals surface area (Å²) in [4.78, 5) is 17.1. The molecule has 0 spiro atoms. The molecule has 2 aliphatic heterocycles. The van der Waals surface area contributed by atoms with Crippen molar-refractivity contribution in [2.24, 2.45) is 0 Å². The van der Waals surface area contributed by atoms with Gasteiger partial charge in [-0.2, -0.15) is 5.10 Å². The zero-order valence-electron chi connectivity index (χ0n) is 15.5. The Morgan fingerprint density at radius 1 is 1.22 bits per heavy atom. The van der Waals surface area contributed by atoms with E-state index in [0.29, 0.717) is 25.3 Å². The highest BCUT2D eigenvalue weighted by Crippen LogP contribution is 2.20. The van der Waals surface area contributed by atoms with Gasteiger partial charge >= 0.3 is 0 Å². The molecule has 2 saturated heterocycles. The van der Waals surface area contributed by atoms with Gasteiger partial charge in [0, 0.05) is 31.0 Å². The lowest BCUT2D eigenvalue weighted by Gasteiger charge is -2.34. The minimum atomic E-state index is -1.03. The van der Waals surface area contributed by atoms with Crippen LogP contribution in [0.2, 0.25) is 0 Å². The lowest BCUT2D eigenvalue weighted by molar-refractivity contribution is -0.0524. The van der Waals surface area contributed by atoms with E-state index in [4.69, 9.17) is 4.74 Å². The molecule has 3 heterocycles. The average Bonchev–Trinajstić information content (AvgIpc) is 3.35. The molecule has 2 aromatic rings. The summed E-state index contributed by atoms with van der Waals surface area (Å²) >= 11 is 0. The number of hydrogen-bond donors (Lipinski definition) is 1. The molecule has 1 atom stereocenters. The highest BCUT2D eigenvalue weighted by Gasteiger charge is 2.36. The zero-order valence-corrected chi connectivity index (χ0v) is 15.5. The minimum absolute atomic E-state index is 0.0886. The van der Waals surface area contributed by atoms with E-state index in [1.54, 1.807) is 21.8 Å². The summed E-state index contributed by atoms with van der Waals surface area (Å²) in [6.07, 6.45) is 5.89. The number of aromatic nitrogens is 2. The molecule has 7 nitrogen and oxygen atoms in total. The Kier molecular flexibility index (Phi) is 5.24. The Bertz CT molecular complexity index is 773. The molecule has 0 bridgehead atoms. The maximum Gasteiger partial charge on any atom is 0.254 e. The Morgan fingerprint density at radius 2 is 2.07 bits per heavy atom. The van der Waals surface area contributed by atoms with Crippen molar-refractivity contribution in [1.82, 2.24) is 19.6 Å². The normalized spacial score (nSPS) is 24.1. The second kappa shape index (κ2) is 7.80. The van der Waals surface area contributed by atoms with Crippen molar-refractivity contribution in [3.8, 4) is 5.69 Å². The molecule has 1 amide bonds. The molecule has 27 heavy (non-hydrogen) atoms. The van der Waals surface area contributed by atoms with E-state index < -0.39 is 5.60 Å². The predicted octanol–water partition coefficient (Wildman–Crippen LogP) is 1.17. The fourth-order valence-corrected chi connectivity index (χ4v) is 3.93. The smallest absolute Gasteiger partial charge is 0.254 e. The first-order valence-corrected chi connectivity index (χ1v) is 9.55. The molecule has 0 aliphatic carbocycles. The number of ether oxygens (including phenoxy) is 1. The Labute approximate surface area is 159 Å². The molecule has 1 aromatic heterocycles. The standard InChI is InChI=1S/C20H26N4O3/c25-19(17-5-3-6-18(13-17)24-10-4-7-21-24)23-11-12-27-16-20(26,15-23)14-22-8-1-2-9-22/h3-7,10,13,26H,1-2,8-9,11-12,14-16H2/t20-/m0/s1. The number of nitrogens with zero attached hydrogens (tertiary/aromatic N) is 4. The van der Waals surface area contributed by atoms with Crippen LogP contribution in [0.1, 0.15) is 23.2 Å². The van der Waals surface area contributed by atoms with Gasteiger partial charge in [0.25, 0.3) is 5.91 Å². The third kappa shape index (κ3) is 4.21. The maximum atomic E-state index is 13.1. The first kappa shape index (κ1) is 18.2. The van der Waals surface area contributed by atoms with Gasteiger partial charge in [0.2, 0.25) is 0 Å². The first-order valence-electron chi connectivity index (χ1n) is 9.55. The molecule has 0 unspecified atom stereocenters. The number of rotatable bonds is 4. The molecule has 0 saturated carbocycles. The summed E-state index contributed by atoms with van der Waals surface area (Å²) < 4.78 is 7.36. The van der Waals surface area contributed by atoms with Crippen LogP contribution in [0.25, 0.3) is 5.69 Å². The van der Waals surface area contributed by atoms with E-state index >= 15 is 0 Å². The van der Waals surface area contributed by atoms with Crippen molar-refractivity contribution in [1.29, 1.82) is 0 Å². The molecular weight excluding hydrogens is 344 g/mol. The van der Waals surface area contributed by atoms with Crippen molar-refractivity contribution in [3.05, 3.63) is 48.3 Å². The van der Waals surface area contributed by atoms with Crippen LogP contribution in [0.15, 0.2) is 42.7 Å². The van der Waals surface area contributed by atoms with Crippen molar-refractivity contribution in [2.45, 2.75) is 18.4 Å². The second-order valence-corrected chi connectivity index (χ2v) is 7.49. The van der Waals surface area contributed by atoms with E-state index in [9.17, 15) is 9.90 Å². The molecule has 1 N–H and O–H groups in total. The third-order valence-electron chi connectivity index (χ3n) is 5.23. The van der Waals surface area contributed by atoms with E-state index in [2.05, 4.69) is 10.00 Å². The molecular formula is C20H26N4O3. The van der Waals surface area contributed by atoms with Gasteiger partial charge in [0.1, 0.15) is 5.60 Å². The van der Waals surface area contributed by atoms with E-state index in [1.165, 1.54) is 12.8 Å². The quantitative estimate of drug-likeness (QED) is 0.875. The van der Waals surface area contributed by atoms with Gasteiger partial charge in [-0.1, -0.05) is 6.07 Å². The van der Waals surface area contributed by atoms with Crippen LogP contribution in [0.5, 0.6) is 0 Å². The first-order chi connectivity index (χ1) is 13.1. The molecule has 0 radical (unpaired) electrons. The number of aliphatic hydroxyl groups is 1. The van der Waals surface area contributed by atoms with Crippen LogP contribution in [-0.2, 0) is 4.74 Å². The van der Waals surface area contributed by atoms with E-state index in [0.717, 1.165) is 18.8 Å². The monoisotopic (exact) mass is 370 g/mol. The van der Waals surface area contributed by atoms with E-state index in [1.807, 2.05) is 30.5 Å². The Morgan fingerprint density at radius 3 is 2.85 bits per heavy atom. The summed E-state index contributed by atoms with van der Waals surface area (Å²) in [5.74, 6) is -0.0886. The maximum absolute atomic E-state index is 13.1. The Hall–Kier alpha value is -2.22. The van der Waals surface area contributed by atoms with Gasteiger partial charge in [0.05, 0.1) is 25.4 Å². The lowest BCUT2D eigenvalue weighted by atomic mass is 10.0. The molecule has 1 aromatic carbocycles. The van der Waals surface area contributed by atoms with Crippen LogP contribution in [0.4, 0.5) is 0 Å². The number of β-amino-alcohol motifs (C(OH)–C–C–N with tert-alkyl or cyclic N) is 1. The molecule has 4 rings (SSSR count). The SMILES string of the molecule is O=C(c1cccc(-n2cccn2)c1)N1CCOC[C@](O)(CN2CCCC2)C1. The number of likely N-dealkylation sites (tertiary alicyclic amines) is 1. The summed E-state index contributed by atoms with van der Waals surface area (Å²) in [6, 6.07) is 9.26. The summed E-state index contributed by atoms with van der Waals surface area (Å²) in [5.41, 5.74) is 0.397. The van der Waals surface area contributed by atoms with Crippen molar-refractivity contribution >= 4 is 5.91 Å². The third-order valence-corrected chi connectivity index (χ3v) is 5.23. The fourth-order valence-electron chi connectivity index (χ4n) is 3.93. The van der Waals surface area contributed by atoms with Crippen LogP contribution in [0, 0.1) is 0 Å². The van der Waals surface area contributed by atoms with Crippen LogP contribution in [0.3, 0.4) is 0 Å². The minimum Gasteiger partial charge on any atom is -0.384 e. The van der Waals surface area contributed by atoms with Crippen LogP contribution >= 0.6 is 0 Å². The van der Waals surface area contributed by atoms with Crippen LogP contribution < -0.4 is 0 Å². The Balaban J connectivity index is 1.51. The molecule has 7 heteroatoms. The lowest BCUT2D eigenvalue weighted by Crippen LogP contribution is -2.53. The van der Waals surface area contributed by atoms with Gasteiger partial charge in [0.15, 0.2) is 0 Å². The molecule has 2 fully saturated rings. The summed E-state index contributed by atoms with van der Waals surface area (Å²) in [6.45, 7) is 4.02. The largest absolute Gasteiger partial charge is 0.384 e. The van der Waals surface area contributed by atoms with Gasteiger partial charge in [-0.25, -0.2) is 4.68 Å². The number of carbonyl (C=O) groups excluding carboxylic acids is 1. The number of amides is 1. The highest BCUT2D eigenvalue weighted by molar-refractivity contribution is 5.94. The second-order valence-electron chi connectivity index (χ2n) is 7.49.